The molecule has 1 aromatic rings. The number of methoxy groups -OCH3 is 1. The molecule has 1 amide bonds. The van der Waals surface area contributed by atoms with Crippen molar-refractivity contribution in [3.8, 4) is 5.75 Å². The van der Waals surface area contributed by atoms with Crippen LogP contribution in [0.3, 0.4) is 0 Å². The fraction of sp³-hybridized carbons (Fsp3) is 0.500. The molecule has 1 atom stereocenters. The maximum absolute atomic E-state index is 11.8. The first-order valence-electron chi connectivity index (χ1n) is 6.31. The number of carbonyl (C=O) groups excluding carboxylic acids is 1. The first-order chi connectivity index (χ1) is 8.70. The van der Waals surface area contributed by atoms with Crippen molar-refractivity contribution in [2.45, 2.75) is 24.7 Å². The van der Waals surface area contributed by atoms with E-state index in [-0.39, 0.29) is 11.3 Å². The summed E-state index contributed by atoms with van der Waals surface area (Å²) in [6.07, 6.45) is 2.37. The molecule has 0 aliphatic carbocycles. The van der Waals surface area contributed by atoms with E-state index >= 15 is 0 Å². The third-order valence-electron chi connectivity index (χ3n) is 3.75. The molecule has 0 aromatic heterocycles. The molecule has 4 heteroatoms. The van der Waals surface area contributed by atoms with Gasteiger partial charge in [0.2, 0.25) is 5.91 Å². The summed E-state index contributed by atoms with van der Waals surface area (Å²) in [6.45, 7) is 1.24. The van der Waals surface area contributed by atoms with Gasteiger partial charge in [-0.1, -0.05) is 12.1 Å². The van der Waals surface area contributed by atoms with Crippen LogP contribution in [0.2, 0.25) is 0 Å². The molecule has 1 aromatic carbocycles. The van der Waals surface area contributed by atoms with Crippen molar-refractivity contribution < 1.29 is 9.53 Å². The largest absolute Gasteiger partial charge is 0.497 e. The standard InChI is InChI=1S/C14H20N2O2/c1-18-12-5-3-11(4-6-12)14(10-15)7-2-8-16-13(17)9-14/h3-6H,2,7-10,15H2,1H3,(H,16,17). The van der Waals surface area contributed by atoms with Crippen molar-refractivity contribution in [2.75, 3.05) is 20.2 Å². The van der Waals surface area contributed by atoms with Gasteiger partial charge in [0.25, 0.3) is 0 Å². The van der Waals surface area contributed by atoms with Crippen LogP contribution in [0, 0.1) is 0 Å². The number of ether oxygens (including phenoxy) is 1. The zero-order valence-electron chi connectivity index (χ0n) is 10.7. The van der Waals surface area contributed by atoms with Crippen LogP contribution in [0.1, 0.15) is 24.8 Å². The predicted octanol–water partition coefficient (Wildman–Crippen LogP) is 1.19. The number of nitrogens with two attached hydrogens (primary N) is 1. The average molecular weight is 248 g/mol. The summed E-state index contributed by atoms with van der Waals surface area (Å²) in [5.74, 6) is 0.915. The second-order valence-electron chi connectivity index (χ2n) is 4.84. The van der Waals surface area contributed by atoms with Gasteiger partial charge in [0.1, 0.15) is 5.75 Å². The minimum absolute atomic E-state index is 0.0915. The Bertz CT molecular complexity index is 416. The normalized spacial score (nSPS) is 24.2. The zero-order valence-corrected chi connectivity index (χ0v) is 10.7. The van der Waals surface area contributed by atoms with Crippen molar-refractivity contribution in [1.29, 1.82) is 0 Å². The Labute approximate surface area is 108 Å². The molecule has 4 nitrogen and oxygen atoms in total. The zero-order chi connectivity index (χ0) is 13.0. The Morgan fingerprint density at radius 1 is 1.39 bits per heavy atom. The van der Waals surface area contributed by atoms with Gasteiger partial charge >= 0.3 is 0 Å². The number of hydrogen-bond acceptors (Lipinski definition) is 3. The Morgan fingerprint density at radius 2 is 2.11 bits per heavy atom. The molecule has 0 radical (unpaired) electrons. The molecule has 1 fully saturated rings. The summed E-state index contributed by atoms with van der Waals surface area (Å²) in [5, 5.41) is 2.91. The van der Waals surface area contributed by atoms with Crippen molar-refractivity contribution in [1.82, 2.24) is 5.32 Å². The van der Waals surface area contributed by atoms with Crippen molar-refractivity contribution in [3.63, 3.8) is 0 Å². The van der Waals surface area contributed by atoms with Gasteiger partial charge < -0.3 is 15.8 Å². The number of carbonyl (C=O) groups is 1. The first-order valence-corrected chi connectivity index (χ1v) is 6.31. The molecule has 18 heavy (non-hydrogen) atoms. The average Bonchev–Trinajstić information content (AvgIpc) is 2.61. The molecule has 2 rings (SSSR count). The van der Waals surface area contributed by atoms with Gasteiger partial charge in [0.15, 0.2) is 0 Å². The lowest BCUT2D eigenvalue weighted by molar-refractivity contribution is -0.121. The summed E-state index contributed by atoms with van der Waals surface area (Å²) in [5.41, 5.74) is 6.86. The molecule has 1 aliphatic rings. The van der Waals surface area contributed by atoms with E-state index in [4.69, 9.17) is 10.5 Å². The van der Waals surface area contributed by atoms with Crippen LogP contribution >= 0.6 is 0 Å². The maximum Gasteiger partial charge on any atom is 0.220 e. The smallest absolute Gasteiger partial charge is 0.220 e. The van der Waals surface area contributed by atoms with Crippen LogP contribution in [0.5, 0.6) is 5.75 Å². The lowest BCUT2D eigenvalue weighted by Crippen LogP contribution is -2.37. The molecule has 1 aliphatic heterocycles. The van der Waals surface area contributed by atoms with Crippen molar-refractivity contribution >= 4 is 5.91 Å². The lowest BCUT2D eigenvalue weighted by Gasteiger charge is -2.31. The van der Waals surface area contributed by atoms with Crippen LogP contribution in [-0.4, -0.2) is 26.1 Å². The van der Waals surface area contributed by atoms with Crippen LogP contribution < -0.4 is 15.8 Å². The highest BCUT2D eigenvalue weighted by Crippen LogP contribution is 2.34. The number of nitrogens with one attached hydrogen (secondary N) is 1. The first kappa shape index (κ1) is 12.9. The minimum Gasteiger partial charge on any atom is -0.497 e. The van der Waals surface area contributed by atoms with Crippen molar-refractivity contribution in [3.05, 3.63) is 29.8 Å². The van der Waals surface area contributed by atoms with Crippen LogP contribution in [0.15, 0.2) is 24.3 Å². The highest BCUT2D eigenvalue weighted by Gasteiger charge is 2.34. The molecule has 98 valence electrons. The van der Waals surface area contributed by atoms with Crippen LogP contribution in [-0.2, 0) is 10.2 Å². The van der Waals surface area contributed by atoms with E-state index in [9.17, 15) is 4.79 Å². The van der Waals surface area contributed by atoms with E-state index in [0.717, 1.165) is 30.7 Å². The Hall–Kier alpha value is -1.55. The molecule has 3 N–H and O–H groups in total. The maximum atomic E-state index is 11.8. The highest BCUT2D eigenvalue weighted by molar-refractivity contribution is 5.78. The Morgan fingerprint density at radius 3 is 2.72 bits per heavy atom. The van der Waals surface area contributed by atoms with E-state index in [1.165, 1.54) is 0 Å². The number of rotatable bonds is 3. The summed E-state index contributed by atoms with van der Waals surface area (Å²) >= 11 is 0. The quantitative estimate of drug-likeness (QED) is 0.844. The molecular formula is C14H20N2O2. The van der Waals surface area contributed by atoms with E-state index < -0.39 is 0 Å². The van der Waals surface area contributed by atoms with Gasteiger partial charge in [-0.25, -0.2) is 0 Å². The summed E-state index contributed by atoms with van der Waals surface area (Å²) < 4.78 is 5.16. The number of amides is 1. The van der Waals surface area contributed by atoms with Crippen LogP contribution in [0.25, 0.3) is 0 Å². The minimum atomic E-state index is -0.229. The van der Waals surface area contributed by atoms with E-state index in [1.807, 2.05) is 24.3 Å². The summed E-state index contributed by atoms with van der Waals surface area (Å²) in [7, 11) is 1.65. The topological polar surface area (TPSA) is 64.3 Å². The van der Waals surface area contributed by atoms with Crippen molar-refractivity contribution in [2.24, 2.45) is 5.73 Å². The molecule has 0 bridgehead atoms. The van der Waals surface area contributed by atoms with Gasteiger partial charge in [0, 0.05) is 24.9 Å². The number of hydrogen-bond donors (Lipinski definition) is 2. The van der Waals surface area contributed by atoms with Gasteiger partial charge in [-0.15, -0.1) is 0 Å². The van der Waals surface area contributed by atoms with E-state index in [2.05, 4.69) is 5.32 Å². The third kappa shape index (κ3) is 2.48. The number of benzene rings is 1. The molecule has 0 spiro atoms. The fourth-order valence-electron chi connectivity index (χ4n) is 2.60. The van der Waals surface area contributed by atoms with Crippen LogP contribution in [0.4, 0.5) is 0 Å². The monoisotopic (exact) mass is 248 g/mol. The SMILES string of the molecule is COc1ccc(C2(CN)CCCNC(=O)C2)cc1. The fourth-order valence-corrected chi connectivity index (χ4v) is 2.60. The third-order valence-corrected chi connectivity index (χ3v) is 3.75. The second kappa shape index (κ2) is 5.40. The van der Waals surface area contributed by atoms with Gasteiger partial charge in [-0.3, -0.25) is 4.79 Å². The molecule has 1 heterocycles. The molecule has 1 saturated heterocycles. The van der Waals surface area contributed by atoms with E-state index in [0.29, 0.717) is 13.0 Å². The lowest BCUT2D eigenvalue weighted by atomic mass is 9.74. The second-order valence-corrected chi connectivity index (χ2v) is 4.84. The Balaban J connectivity index is 2.31. The Kier molecular flexibility index (Phi) is 3.87. The summed E-state index contributed by atoms with van der Waals surface area (Å²) in [4.78, 5) is 11.8. The molecule has 0 saturated carbocycles. The summed E-state index contributed by atoms with van der Waals surface area (Å²) in [6, 6.07) is 7.89. The van der Waals surface area contributed by atoms with E-state index in [1.54, 1.807) is 7.11 Å². The highest BCUT2D eigenvalue weighted by atomic mass is 16.5. The molecular weight excluding hydrogens is 228 g/mol. The van der Waals surface area contributed by atoms with Gasteiger partial charge in [-0.05, 0) is 30.5 Å². The predicted molar refractivity (Wildman–Crippen MR) is 70.6 cm³/mol. The molecule has 1 unspecified atom stereocenters. The van der Waals surface area contributed by atoms with Gasteiger partial charge in [0.05, 0.1) is 7.11 Å². The van der Waals surface area contributed by atoms with Gasteiger partial charge in [-0.2, -0.15) is 0 Å².